The molecule has 2 amide bonds. The molecule has 0 radical (unpaired) electrons. The van der Waals surface area contributed by atoms with Crippen LogP contribution in [0.5, 0.6) is 17.4 Å². The average Bonchev–Trinajstić information content (AvgIpc) is 3.24. The summed E-state index contributed by atoms with van der Waals surface area (Å²) in [5.74, 6) is -1.24. The summed E-state index contributed by atoms with van der Waals surface area (Å²) >= 11 is 0. The third kappa shape index (κ3) is 7.13. The molecule has 1 saturated heterocycles. The van der Waals surface area contributed by atoms with E-state index in [1.165, 1.54) is 18.2 Å². The maximum Gasteiger partial charge on any atom is 0.433 e. The molecule has 13 heteroatoms. The molecule has 4 rings (SSSR count). The molecule has 0 aliphatic carbocycles. The van der Waals surface area contributed by atoms with Gasteiger partial charge in [0.25, 0.3) is 5.91 Å². The fourth-order valence-electron chi connectivity index (χ4n) is 3.82. The van der Waals surface area contributed by atoms with E-state index >= 15 is 0 Å². The number of aromatic nitrogens is 1. The van der Waals surface area contributed by atoms with Crippen LogP contribution >= 0.6 is 0 Å². The van der Waals surface area contributed by atoms with Crippen LogP contribution in [0.2, 0.25) is 0 Å². The van der Waals surface area contributed by atoms with Crippen molar-refractivity contribution in [1.82, 2.24) is 15.2 Å². The average molecular weight is 549 g/mol. The third-order valence-corrected chi connectivity index (χ3v) is 5.75. The standard InChI is InChI=1S/C26H23F4N3O6/c27-18-12-33(13-19(18)34)24(35)17-6-7-20(38-14-15-4-2-1-3-5-15)21(10-17)39-23-9-16(11-31-25(36)37)8-22(32-23)26(28,29)30/h1-10,18-19,31,34H,11-14H2,(H,36,37). The molecule has 0 saturated carbocycles. The molecule has 39 heavy (non-hydrogen) atoms. The zero-order valence-electron chi connectivity index (χ0n) is 20.2. The van der Waals surface area contributed by atoms with Gasteiger partial charge in [-0.2, -0.15) is 13.2 Å². The van der Waals surface area contributed by atoms with Crippen LogP contribution < -0.4 is 14.8 Å². The topological polar surface area (TPSA) is 121 Å². The van der Waals surface area contributed by atoms with Gasteiger partial charge in [0.15, 0.2) is 11.5 Å². The minimum absolute atomic E-state index is 0.0121. The second-order valence-corrected chi connectivity index (χ2v) is 8.69. The largest absolute Gasteiger partial charge is 0.485 e. The number of carbonyl (C=O) groups is 2. The molecule has 2 unspecified atom stereocenters. The fourth-order valence-corrected chi connectivity index (χ4v) is 3.82. The molecular weight excluding hydrogens is 526 g/mol. The number of aliphatic hydroxyl groups is 1. The number of benzene rings is 2. The summed E-state index contributed by atoms with van der Waals surface area (Å²) in [6.45, 7) is -0.930. The smallest absolute Gasteiger partial charge is 0.433 e. The van der Waals surface area contributed by atoms with Gasteiger partial charge in [0.05, 0.1) is 6.54 Å². The molecule has 2 heterocycles. The maximum atomic E-state index is 13.8. The lowest BCUT2D eigenvalue weighted by Crippen LogP contribution is -2.29. The Labute approximate surface area is 219 Å². The Morgan fingerprint density at radius 1 is 1.03 bits per heavy atom. The van der Waals surface area contributed by atoms with Gasteiger partial charge in [0.1, 0.15) is 24.6 Å². The molecule has 3 aromatic rings. The molecular formula is C26H23F4N3O6. The first-order valence-electron chi connectivity index (χ1n) is 11.6. The van der Waals surface area contributed by atoms with Crippen molar-refractivity contribution in [3.63, 3.8) is 0 Å². The number of halogens is 4. The van der Waals surface area contributed by atoms with Crippen LogP contribution in [0.3, 0.4) is 0 Å². The molecule has 1 aromatic heterocycles. The summed E-state index contributed by atoms with van der Waals surface area (Å²) in [7, 11) is 0. The quantitative estimate of drug-likeness (QED) is 0.357. The van der Waals surface area contributed by atoms with Gasteiger partial charge in [-0.1, -0.05) is 30.3 Å². The second kappa shape index (κ2) is 11.6. The van der Waals surface area contributed by atoms with Crippen molar-refractivity contribution in [2.75, 3.05) is 13.1 Å². The molecule has 1 fully saturated rings. The zero-order valence-corrected chi connectivity index (χ0v) is 20.2. The number of alkyl halides is 4. The lowest BCUT2D eigenvalue weighted by molar-refractivity contribution is -0.141. The van der Waals surface area contributed by atoms with Crippen molar-refractivity contribution in [3.8, 4) is 17.4 Å². The van der Waals surface area contributed by atoms with Crippen LogP contribution in [0.1, 0.15) is 27.2 Å². The van der Waals surface area contributed by atoms with Crippen molar-refractivity contribution in [2.45, 2.75) is 31.6 Å². The number of β-amino-alcohol motifs (C(OH)–C–C–N with tert-alkyl or cyclic N) is 1. The first-order valence-corrected chi connectivity index (χ1v) is 11.6. The molecule has 2 atom stereocenters. The van der Waals surface area contributed by atoms with Crippen molar-refractivity contribution in [1.29, 1.82) is 0 Å². The number of aliphatic hydroxyl groups excluding tert-OH is 1. The van der Waals surface area contributed by atoms with Crippen LogP contribution in [0.25, 0.3) is 0 Å². The molecule has 1 aliphatic heterocycles. The number of pyridine rings is 1. The highest BCUT2D eigenvalue weighted by Gasteiger charge is 2.35. The third-order valence-electron chi connectivity index (χ3n) is 5.75. The Morgan fingerprint density at radius 3 is 2.41 bits per heavy atom. The lowest BCUT2D eigenvalue weighted by Gasteiger charge is -2.18. The van der Waals surface area contributed by atoms with E-state index in [0.717, 1.165) is 16.5 Å². The van der Waals surface area contributed by atoms with Gasteiger partial charge < -0.3 is 29.9 Å². The van der Waals surface area contributed by atoms with Gasteiger partial charge in [0, 0.05) is 24.7 Å². The monoisotopic (exact) mass is 549 g/mol. The Bertz CT molecular complexity index is 1330. The van der Waals surface area contributed by atoms with Crippen LogP contribution in [0.15, 0.2) is 60.7 Å². The van der Waals surface area contributed by atoms with Gasteiger partial charge >= 0.3 is 12.3 Å². The van der Waals surface area contributed by atoms with Crippen molar-refractivity contribution < 1.29 is 46.8 Å². The zero-order chi connectivity index (χ0) is 28.2. The van der Waals surface area contributed by atoms with Crippen LogP contribution in [0, 0.1) is 0 Å². The number of hydrogen-bond donors (Lipinski definition) is 3. The summed E-state index contributed by atoms with van der Waals surface area (Å²) in [6, 6.07) is 14.8. The highest BCUT2D eigenvalue weighted by Crippen LogP contribution is 2.36. The summed E-state index contributed by atoms with van der Waals surface area (Å²) in [5.41, 5.74) is -0.601. The fraction of sp³-hybridized carbons (Fsp3) is 0.269. The summed E-state index contributed by atoms with van der Waals surface area (Å²) in [6.07, 6.45) is -9.23. The predicted octanol–water partition coefficient (Wildman–Crippen LogP) is 4.39. The second-order valence-electron chi connectivity index (χ2n) is 8.69. The Kier molecular flexibility index (Phi) is 8.19. The van der Waals surface area contributed by atoms with Crippen LogP contribution in [-0.4, -0.2) is 57.5 Å². The van der Waals surface area contributed by atoms with E-state index in [9.17, 15) is 32.3 Å². The van der Waals surface area contributed by atoms with Crippen molar-refractivity contribution in [2.24, 2.45) is 0 Å². The molecule has 2 aromatic carbocycles. The Hall–Kier alpha value is -4.39. The highest BCUT2D eigenvalue weighted by atomic mass is 19.4. The Balaban J connectivity index is 1.68. The number of amides is 2. The summed E-state index contributed by atoms with van der Waals surface area (Å²) < 4.78 is 65.8. The highest BCUT2D eigenvalue weighted by molar-refractivity contribution is 5.95. The number of likely N-dealkylation sites (tertiary alicyclic amines) is 1. The minimum Gasteiger partial charge on any atom is -0.485 e. The number of carbonyl (C=O) groups excluding carboxylic acids is 1. The first kappa shape index (κ1) is 27.6. The van der Waals surface area contributed by atoms with Gasteiger partial charge in [-0.15, -0.1) is 0 Å². The van der Waals surface area contributed by atoms with Crippen LogP contribution in [-0.2, 0) is 19.3 Å². The molecule has 206 valence electrons. The molecule has 3 N–H and O–H groups in total. The number of ether oxygens (including phenoxy) is 2. The van der Waals surface area contributed by atoms with E-state index in [4.69, 9.17) is 14.6 Å². The number of nitrogens with zero attached hydrogens (tertiary/aromatic N) is 2. The number of rotatable bonds is 8. The molecule has 1 aliphatic rings. The molecule has 9 nitrogen and oxygen atoms in total. The number of hydrogen-bond acceptors (Lipinski definition) is 6. The predicted molar refractivity (Wildman–Crippen MR) is 128 cm³/mol. The molecule has 0 spiro atoms. The van der Waals surface area contributed by atoms with Crippen LogP contribution in [0.4, 0.5) is 22.4 Å². The summed E-state index contributed by atoms with van der Waals surface area (Å²) in [4.78, 5) is 28.4. The SMILES string of the molecule is O=C(O)NCc1cc(Oc2cc(C(=O)N3CC(O)C(F)C3)ccc2OCc2ccccc2)nc(C(F)(F)F)c1. The van der Waals surface area contributed by atoms with E-state index in [1.54, 1.807) is 24.3 Å². The Morgan fingerprint density at radius 2 is 1.77 bits per heavy atom. The van der Waals surface area contributed by atoms with Gasteiger partial charge in [0.2, 0.25) is 5.88 Å². The lowest BCUT2D eigenvalue weighted by atomic mass is 10.1. The van der Waals surface area contributed by atoms with Gasteiger partial charge in [-0.25, -0.2) is 14.2 Å². The van der Waals surface area contributed by atoms with E-state index < -0.39 is 48.6 Å². The van der Waals surface area contributed by atoms with E-state index in [2.05, 4.69) is 4.98 Å². The van der Waals surface area contributed by atoms with Gasteiger partial charge in [-0.3, -0.25) is 4.79 Å². The van der Waals surface area contributed by atoms with E-state index in [-0.39, 0.29) is 42.3 Å². The van der Waals surface area contributed by atoms with Crippen molar-refractivity contribution >= 4 is 12.0 Å². The van der Waals surface area contributed by atoms with E-state index in [0.29, 0.717) is 6.07 Å². The number of carboxylic acid groups (broad SMARTS) is 1. The minimum atomic E-state index is -4.86. The van der Waals surface area contributed by atoms with E-state index in [1.807, 2.05) is 11.4 Å². The van der Waals surface area contributed by atoms with Gasteiger partial charge in [-0.05, 0) is 35.4 Å². The molecule has 0 bridgehead atoms. The maximum absolute atomic E-state index is 13.8. The van der Waals surface area contributed by atoms with Crippen molar-refractivity contribution in [3.05, 3.63) is 83.0 Å². The normalized spacial score (nSPS) is 17.1. The number of nitrogens with one attached hydrogen (secondary N) is 1. The first-order chi connectivity index (χ1) is 18.5. The summed E-state index contributed by atoms with van der Waals surface area (Å²) in [5, 5.41) is 20.5.